The normalized spacial score (nSPS) is 21.5. The molecule has 5 fully saturated rings. The highest BCUT2D eigenvalue weighted by Crippen LogP contribution is 2.36. The molecule has 3 aliphatic heterocycles. The van der Waals surface area contributed by atoms with Crippen LogP contribution in [0.25, 0.3) is 16.6 Å². The Hall–Kier alpha value is -5.89. The maximum Gasteiger partial charge on any atom is 0.336 e. The van der Waals surface area contributed by atoms with Crippen molar-refractivity contribution in [2.45, 2.75) is 83.1 Å². The van der Waals surface area contributed by atoms with Gasteiger partial charge in [0, 0.05) is 98.8 Å². The first-order valence-electron chi connectivity index (χ1n) is 24.8. The number of nitrogens with zero attached hydrogens (tertiary/aromatic N) is 7. The number of aryl methyl sites for hydroxylation is 1. The molecule has 5 aromatic rings. The van der Waals surface area contributed by atoms with Crippen LogP contribution in [0.15, 0.2) is 75.2 Å². The molecule has 18 heteroatoms. The maximum absolute atomic E-state index is 15.2. The zero-order valence-corrected chi connectivity index (χ0v) is 41.9. The number of halogens is 2. The van der Waals surface area contributed by atoms with E-state index in [-0.39, 0.29) is 63.6 Å². The topological polar surface area (TPSA) is 176 Å². The van der Waals surface area contributed by atoms with Crippen LogP contribution in [0.2, 0.25) is 0 Å². The fourth-order valence-electron chi connectivity index (χ4n) is 11.1. The summed E-state index contributed by atoms with van der Waals surface area (Å²) in [5.41, 5.74) is 1.21. The Morgan fingerprint density at radius 3 is 2.29 bits per heavy atom. The first-order valence-corrected chi connectivity index (χ1v) is 25.9. The second-order valence-electron chi connectivity index (χ2n) is 20.0. The lowest BCUT2D eigenvalue weighted by atomic mass is 9.81. The van der Waals surface area contributed by atoms with Gasteiger partial charge in [0.15, 0.2) is 0 Å². The number of amides is 3. The number of imide groups is 1. The minimum Gasteiger partial charge on any atom is -0.385 e. The van der Waals surface area contributed by atoms with Crippen molar-refractivity contribution in [2.75, 3.05) is 67.9 Å². The van der Waals surface area contributed by atoms with E-state index < -0.39 is 22.6 Å². The van der Waals surface area contributed by atoms with Crippen molar-refractivity contribution in [3.63, 3.8) is 0 Å². The highest BCUT2D eigenvalue weighted by Gasteiger charge is 2.34. The molecule has 0 radical (unpaired) electrons. The van der Waals surface area contributed by atoms with Crippen molar-refractivity contribution in [1.29, 1.82) is 0 Å². The lowest BCUT2D eigenvalue weighted by molar-refractivity contribution is -0.139. The number of nitrogens with one attached hydrogen (secondary N) is 3. The molecule has 16 nitrogen and oxygen atoms in total. The third-order valence-corrected chi connectivity index (χ3v) is 16.1. The Balaban J connectivity index is 0.723. The van der Waals surface area contributed by atoms with Crippen molar-refractivity contribution < 1.29 is 18.8 Å². The van der Waals surface area contributed by atoms with E-state index in [2.05, 4.69) is 35.6 Å². The van der Waals surface area contributed by atoms with Gasteiger partial charge in [-0.2, -0.15) is 0 Å². The monoisotopic (exact) mass is 1070 g/mol. The Labute approximate surface area is 418 Å². The molecular weight excluding hydrogens is 1010 g/mol. The Bertz CT molecular complexity index is 3020. The molecule has 10 rings (SSSR count). The van der Waals surface area contributed by atoms with Crippen LogP contribution in [0.4, 0.5) is 27.4 Å². The molecule has 2 saturated carbocycles. The summed E-state index contributed by atoms with van der Waals surface area (Å²) in [7, 11) is 1.54. The summed E-state index contributed by atoms with van der Waals surface area (Å²) in [6, 6.07) is 15.8. The number of benzene rings is 2. The minimum absolute atomic E-state index is 0.0296. The number of fused-ring (bicyclic) bond motifs is 1. The zero-order chi connectivity index (χ0) is 48.8. The summed E-state index contributed by atoms with van der Waals surface area (Å²) in [5, 5.41) is 9.19. The number of rotatable bonds is 12. The van der Waals surface area contributed by atoms with Gasteiger partial charge in [-0.15, -0.1) is 0 Å². The van der Waals surface area contributed by atoms with E-state index in [1.165, 1.54) is 26.8 Å². The average Bonchev–Trinajstić information content (AvgIpc) is 4.21. The molecule has 70 heavy (non-hydrogen) atoms. The quantitative estimate of drug-likeness (QED) is 0.0962. The Morgan fingerprint density at radius 2 is 1.60 bits per heavy atom. The van der Waals surface area contributed by atoms with Crippen molar-refractivity contribution >= 4 is 74.2 Å². The van der Waals surface area contributed by atoms with Crippen LogP contribution in [0.1, 0.15) is 87.3 Å². The van der Waals surface area contributed by atoms with Gasteiger partial charge in [0.05, 0.1) is 22.8 Å². The Kier molecular flexibility index (Phi) is 13.7. The molecule has 3 saturated heterocycles. The summed E-state index contributed by atoms with van der Waals surface area (Å²) in [6.45, 7) is 8.49. The largest absolute Gasteiger partial charge is 0.385 e. The van der Waals surface area contributed by atoms with Crippen molar-refractivity contribution in [2.24, 2.45) is 24.8 Å². The second kappa shape index (κ2) is 20.1. The van der Waals surface area contributed by atoms with E-state index in [1.807, 2.05) is 52.9 Å². The lowest BCUT2D eigenvalue weighted by Crippen LogP contribution is -2.52. The van der Waals surface area contributed by atoms with Crippen molar-refractivity contribution in [1.82, 2.24) is 33.8 Å². The van der Waals surface area contributed by atoms with Crippen molar-refractivity contribution in [3.05, 3.63) is 113 Å². The third-order valence-electron chi connectivity index (χ3n) is 15.4. The molecule has 0 bridgehead atoms. The fourth-order valence-corrected chi connectivity index (χ4v) is 11.6. The van der Waals surface area contributed by atoms with Gasteiger partial charge in [-0.1, -0.05) is 12.1 Å². The highest BCUT2D eigenvalue weighted by atomic mass is 127. The van der Waals surface area contributed by atoms with Gasteiger partial charge in [-0.05, 0) is 147 Å². The van der Waals surface area contributed by atoms with Gasteiger partial charge in [0.2, 0.25) is 17.7 Å². The van der Waals surface area contributed by atoms with Crippen LogP contribution in [-0.2, 0) is 21.4 Å². The van der Waals surface area contributed by atoms with E-state index in [9.17, 15) is 28.8 Å². The predicted octanol–water partition coefficient (Wildman–Crippen LogP) is 6.18. The number of piperazine rings is 1. The molecule has 2 aromatic carbocycles. The number of aromatic nitrogens is 4. The summed E-state index contributed by atoms with van der Waals surface area (Å²) >= 11 is 2.02. The molecule has 3 aromatic heterocycles. The van der Waals surface area contributed by atoms with E-state index >= 15 is 4.39 Å². The van der Waals surface area contributed by atoms with E-state index in [0.29, 0.717) is 53.3 Å². The number of carbonyl (C=O) groups is 3. The van der Waals surface area contributed by atoms with E-state index in [1.54, 1.807) is 31.3 Å². The molecule has 5 aliphatic rings. The number of carbonyl (C=O) groups excluding carboxylic acids is 3. The number of pyridine rings is 2. The lowest BCUT2D eigenvalue weighted by Gasteiger charge is -2.40. The molecule has 3 N–H and O–H groups in total. The number of anilines is 4. The van der Waals surface area contributed by atoms with Gasteiger partial charge < -0.3 is 20.4 Å². The summed E-state index contributed by atoms with van der Waals surface area (Å²) in [4.78, 5) is 91.7. The molecule has 1 atom stereocenters. The smallest absolute Gasteiger partial charge is 0.336 e. The summed E-state index contributed by atoms with van der Waals surface area (Å²) in [5.74, 6) is 0.978. The fraction of sp³-hybridized carbons (Fsp3) is 0.481. The molecular formula is C52H60FIN10O6. The summed E-state index contributed by atoms with van der Waals surface area (Å²) in [6.07, 6.45) is 9.72. The van der Waals surface area contributed by atoms with Gasteiger partial charge in [-0.3, -0.25) is 47.9 Å². The van der Waals surface area contributed by atoms with Crippen LogP contribution in [0, 0.1) is 34.1 Å². The van der Waals surface area contributed by atoms with Crippen LogP contribution >= 0.6 is 22.6 Å². The van der Waals surface area contributed by atoms with Crippen LogP contribution in [-0.4, -0.2) is 98.6 Å². The first kappa shape index (κ1) is 47.8. The molecule has 0 spiro atoms. The number of hydrogen-bond acceptors (Lipinski definition) is 11. The van der Waals surface area contributed by atoms with Gasteiger partial charge >= 0.3 is 5.69 Å². The predicted molar refractivity (Wildman–Crippen MR) is 276 cm³/mol. The minimum atomic E-state index is -0.535. The molecule has 2 aliphatic carbocycles. The molecule has 368 valence electrons. The van der Waals surface area contributed by atoms with E-state index in [0.717, 1.165) is 101 Å². The SMILES string of the molecule is Cc1c(=O)n(C)c(Nc2ccc(I)cc2F)c2c(=O)n(C3CC3)c(=O)n(-c3cccc(NCC4CCC(C(=O)N5CCN(CC6CCN(c7ccc(C8CCC(=O)NC8=O)cn7)CC6)CC5)CC4)c3)c12. The zero-order valence-electron chi connectivity index (χ0n) is 39.7. The van der Waals surface area contributed by atoms with Crippen molar-refractivity contribution in [3.8, 4) is 5.69 Å². The number of hydrogen-bond donors (Lipinski definition) is 3. The average molecular weight is 1070 g/mol. The summed E-state index contributed by atoms with van der Waals surface area (Å²) < 4.78 is 19.9. The van der Waals surface area contributed by atoms with Crippen LogP contribution in [0.5, 0.6) is 0 Å². The van der Waals surface area contributed by atoms with Gasteiger partial charge in [0.25, 0.3) is 11.1 Å². The highest BCUT2D eigenvalue weighted by molar-refractivity contribution is 14.1. The van der Waals surface area contributed by atoms with Gasteiger partial charge in [-0.25, -0.2) is 14.2 Å². The third kappa shape index (κ3) is 9.77. The maximum atomic E-state index is 15.2. The van der Waals surface area contributed by atoms with Gasteiger partial charge in [0.1, 0.15) is 22.8 Å². The van der Waals surface area contributed by atoms with Crippen LogP contribution < -0.4 is 37.7 Å². The molecule has 1 unspecified atom stereocenters. The van der Waals surface area contributed by atoms with Crippen LogP contribution in [0.3, 0.4) is 0 Å². The Morgan fingerprint density at radius 1 is 0.843 bits per heavy atom. The standard InChI is InChI=1S/C52H60FIN10O6/c1-31-46-45(47(59(2)49(31)67)57-42-15-11-36(54)26-41(42)53)51(69)64(38-12-13-38)52(70)63(46)39-5-3-4-37(27-39)55-28-32-6-8-34(9-7-32)50(68)62-24-22-60(23-25-62)30-33-18-20-61(21-19-33)43-16-10-35(29-56-43)40-14-17-44(65)58-48(40)66/h3-5,10-11,15-16,26-27,29,32-34,38,40,55,57H,6-9,12-14,17-25,28,30H2,1-2H3,(H,58,65,66). The first-order chi connectivity index (χ1) is 33.8. The number of piperidine rings is 2. The van der Waals surface area contributed by atoms with E-state index in [4.69, 9.17) is 0 Å². The molecule has 6 heterocycles. The molecule has 3 amide bonds. The second-order valence-corrected chi connectivity index (χ2v) is 21.2.